The molecule has 1 aliphatic rings. The van der Waals surface area contributed by atoms with Crippen LogP contribution in [0.15, 0.2) is 18.2 Å². The third-order valence-corrected chi connectivity index (χ3v) is 3.08. The van der Waals surface area contributed by atoms with Gasteiger partial charge in [-0.15, -0.1) is 0 Å². The first-order valence-electron chi connectivity index (χ1n) is 6.46. The Morgan fingerprint density at radius 2 is 2.10 bits per heavy atom. The fourth-order valence-corrected chi connectivity index (χ4v) is 1.72. The van der Waals surface area contributed by atoms with Crippen molar-refractivity contribution < 1.29 is 19.1 Å². The second kappa shape index (κ2) is 5.81. The highest BCUT2D eigenvalue weighted by atomic mass is 16.5. The lowest BCUT2D eigenvalue weighted by Gasteiger charge is -2.14. The molecular weight excluding hydrogens is 260 g/mol. The van der Waals surface area contributed by atoms with Crippen molar-refractivity contribution in [1.29, 1.82) is 0 Å². The zero-order valence-corrected chi connectivity index (χ0v) is 11.5. The molecule has 1 atom stereocenters. The first-order chi connectivity index (χ1) is 9.52. The number of nitrogens with one attached hydrogen (secondary N) is 1. The van der Waals surface area contributed by atoms with Crippen LogP contribution in [0.4, 0.5) is 5.69 Å². The molecule has 20 heavy (non-hydrogen) atoms. The highest BCUT2D eigenvalue weighted by Crippen LogP contribution is 2.25. The molecule has 0 radical (unpaired) electrons. The normalized spacial score (nSPS) is 15.3. The van der Waals surface area contributed by atoms with Crippen molar-refractivity contribution in [3.05, 3.63) is 23.8 Å². The molecule has 1 saturated carbocycles. The van der Waals surface area contributed by atoms with E-state index in [9.17, 15) is 9.59 Å². The topological polar surface area (TPSA) is 90.6 Å². The summed E-state index contributed by atoms with van der Waals surface area (Å²) in [5, 5.41) is 2.78. The molecule has 6 heteroatoms. The summed E-state index contributed by atoms with van der Waals surface area (Å²) in [6.45, 7) is 1.53. The molecule has 2 rings (SSSR count). The van der Waals surface area contributed by atoms with E-state index in [-0.39, 0.29) is 23.2 Å². The number of amides is 1. The zero-order chi connectivity index (χ0) is 14.7. The summed E-state index contributed by atoms with van der Waals surface area (Å²) in [5.74, 6) is -0.531. The molecule has 6 nitrogen and oxygen atoms in total. The van der Waals surface area contributed by atoms with Gasteiger partial charge in [0.2, 0.25) is 0 Å². The molecule has 0 heterocycles. The summed E-state index contributed by atoms with van der Waals surface area (Å²) >= 11 is 0. The van der Waals surface area contributed by atoms with Gasteiger partial charge in [0, 0.05) is 6.04 Å². The highest BCUT2D eigenvalue weighted by Gasteiger charge is 2.27. The predicted molar refractivity (Wildman–Crippen MR) is 73.4 cm³/mol. The number of ether oxygens (including phenoxy) is 2. The van der Waals surface area contributed by atoms with Crippen LogP contribution < -0.4 is 15.8 Å². The molecule has 1 aromatic carbocycles. The van der Waals surface area contributed by atoms with Crippen molar-refractivity contribution in [1.82, 2.24) is 5.32 Å². The number of carbonyl (C=O) groups is 2. The van der Waals surface area contributed by atoms with Gasteiger partial charge in [0.05, 0.1) is 18.4 Å². The Morgan fingerprint density at radius 3 is 2.70 bits per heavy atom. The first-order valence-corrected chi connectivity index (χ1v) is 6.46. The SMILES string of the molecule is COc1cccc(C(=O)OC(C)C(=O)NC2CC2)c1N. The zero-order valence-electron chi connectivity index (χ0n) is 11.5. The molecule has 0 aromatic heterocycles. The molecule has 0 aliphatic heterocycles. The molecule has 0 spiro atoms. The molecule has 0 saturated heterocycles. The summed E-state index contributed by atoms with van der Waals surface area (Å²) in [4.78, 5) is 23.7. The molecule has 0 bridgehead atoms. The van der Waals surface area contributed by atoms with Crippen molar-refractivity contribution in [3.8, 4) is 5.75 Å². The van der Waals surface area contributed by atoms with Crippen LogP contribution in [-0.2, 0) is 9.53 Å². The maximum Gasteiger partial charge on any atom is 0.341 e. The Labute approximate surface area is 117 Å². The van der Waals surface area contributed by atoms with E-state index < -0.39 is 12.1 Å². The lowest BCUT2D eigenvalue weighted by molar-refractivity contribution is -0.129. The van der Waals surface area contributed by atoms with Crippen molar-refractivity contribution in [3.63, 3.8) is 0 Å². The number of hydrogen-bond acceptors (Lipinski definition) is 5. The van der Waals surface area contributed by atoms with Crippen molar-refractivity contribution >= 4 is 17.6 Å². The number of methoxy groups -OCH3 is 1. The van der Waals surface area contributed by atoms with Gasteiger partial charge in [-0.3, -0.25) is 4.79 Å². The number of nitrogen functional groups attached to an aromatic ring is 1. The quantitative estimate of drug-likeness (QED) is 0.621. The molecule has 1 fully saturated rings. The molecule has 1 aliphatic carbocycles. The summed E-state index contributed by atoms with van der Waals surface area (Å²) in [5.41, 5.74) is 6.20. The van der Waals surface area contributed by atoms with Gasteiger partial charge in [0.15, 0.2) is 6.10 Å². The molecular formula is C14H18N2O4. The van der Waals surface area contributed by atoms with E-state index in [1.165, 1.54) is 20.1 Å². The van der Waals surface area contributed by atoms with Gasteiger partial charge in [0.1, 0.15) is 5.75 Å². The minimum Gasteiger partial charge on any atom is -0.495 e. The van der Waals surface area contributed by atoms with Crippen LogP contribution in [0.1, 0.15) is 30.1 Å². The lowest BCUT2D eigenvalue weighted by Crippen LogP contribution is -2.37. The van der Waals surface area contributed by atoms with E-state index in [0.717, 1.165) is 12.8 Å². The Hall–Kier alpha value is -2.24. The van der Waals surface area contributed by atoms with Crippen LogP contribution in [0.5, 0.6) is 5.75 Å². The molecule has 1 unspecified atom stereocenters. The molecule has 1 aromatic rings. The lowest BCUT2D eigenvalue weighted by atomic mass is 10.1. The van der Waals surface area contributed by atoms with E-state index in [2.05, 4.69) is 5.32 Å². The van der Waals surface area contributed by atoms with E-state index >= 15 is 0 Å². The van der Waals surface area contributed by atoms with E-state index in [4.69, 9.17) is 15.2 Å². The van der Waals surface area contributed by atoms with Gasteiger partial charge in [-0.05, 0) is 31.9 Å². The highest BCUT2D eigenvalue weighted by molar-refractivity contribution is 5.98. The number of benzene rings is 1. The number of anilines is 1. The van der Waals surface area contributed by atoms with E-state index in [0.29, 0.717) is 5.75 Å². The average molecular weight is 278 g/mol. The van der Waals surface area contributed by atoms with Crippen molar-refractivity contribution in [2.24, 2.45) is 0 Å². The number of carbonyl (C=O) groups excluding carboxylic acids is 2. The monoisotopic (exact) mass is 278 g/mol. The Balaban J connectivity index is 2.02. The van der Waals surface area contributed by atoms with Crippen LogP contribution in [0.25, 0.3) is 0 Å². The summed E-state index contributed by atoms with van der Waals surface area (Å²) in [6.07, 6.45) is 1.11. The Morgan fingerprint density at radius 1 is 1.40 bits per heavy atom. The van der Waals surface area contributed by atoms with Gasteiger partial charge in [-0.1, -0.05) is 6.07 Å². The number of rotatable bonds is 5. The maximum absolute atomic E-state index is 12.0. The minimum atomic E-state index is -0.853. The Kier molecular flexibility index (Phi) is 4.12. The first kappa shape index (κ1) is 14.2. The number of hydrogen-bond donors (Lipinski definition) is 2. The van der Waals surface area contributed by atoms with Gasteiger partial charge in [-0.2, -0.15) is 0 Å². The number of esters is 1. The van der Waals surface area contributed by atoms with Gasteiger partial charge in [-0.25, -0.2) is 4.79 Å². The van der Waals surface area contributed by atoms with Gasteiger partial charge >= 0.3 is 5.97 Å². The molecule has 108 valence electrons. The second-order valence-corrected chi connectivity index (χ2v) is 4.75. The van der Waals surface area contributed by atoms with E-state index in [1.54, 1.807) is 12.1 Å². The van der Waals surface area contributed by atoms with Crippen LogP contribution in [0, 0.1) is 0 Å². The van der Waals surface area contributed by atoms with Crippen molar-refractivity contribution in [2.45, 2.75) is 31.9 Å². The van der Waals surface area contributed by atoms with Crippen molar-refractivity contribution in [2.75, 3.05) is 12.8 Å². The number of nitrogens with two attached hydrogens (primary N) is 1. The predicted octanol–water partition coefficient (Wildman–Crippen LogP) is 1.10. The van der Waals surface area contributed by atoms with Crippen LogP contribution in [0.3, 0.4) is 0 Å². The smallest absolute Gasteiger partial charge is 0.341 e. The maximum atomic E-state index is 12.0. The standard InChI is InChI=1S/C14H18N2O4/c1-8(13(17)16-9-6-7-9)20-14(18)10-4-3-5-11(19-2)12(10)15/h3-5,8-9H,6-7,15H2,1-2H3,(H,16,17). The minimum absolute atomic E-state index is 0.190. The molecule has 1 amide bonds. The Bertz CT molecular complexity index is 526. The fourth-order valence-electron chi connectivity index (χ4n) is 1.72. The van der Waals surface area contributed by atoms with Crippen LogP contribution in [0.2, 0.25) is 0 Å². The third-order valence-electron chi connectivity index (χ3n) is 3.08. The fraction of sp³-hybridized carbons (Fsp3) is 0.429. The number of para-hydroxylation sites is 1. The summed E-state index contributed by atoms with van der Waals surface area (Å²) < 4.78 is 10.2. The molecule has 3 N–H and O–H groups in total. The third kappa shape index (κ3) is 3.20. The van der Waals surface area contributed by atoms with Gasteiger partial charge in [0.25, 0.3) is 5.91 Å². The van der Waals surface area contributed by atoms with E-state index in [1.807, 2.05) is 0 Å². The second-order valence-electron chi connectivity index (χ2n) is 4.75. The summed E-state index contributed by atoms with van der Waals surface area (Å²) in [6, 6.07) is 5.05. The largest absolute Gasteiger partial charge is 0.495 e. The average Bonchev–Trinajstić information content (AvgIpc) is 3.22. The summed E-state index contributed by atoms with van der Waals surface area (Å²) in [7, 11) is 1.46. The van der Waals surface area contributed by atoms with Crippen LogP contribution >= 0.6 is 0 Å². The van der Waals surface area contributed by atoms with Gasteiger partial charge < -0.3 is 20.5 Å². The van der Waals surface area contributed by atoms with Crippen LogP contribution in [-0.4, -0.2) is 31.1 Å².